The summed E-state index contributed by atoms with van der Waals surface area (Å²) in [5.41, 5.74) is 0.917. The van der Waals surface area contributed by atoms with Gasteiger partial charge in [-0.3, -0.25) is 14.4 Å². The molecule has 0 aliphatic heterocycles. The molecule has 0 radical (unpaired) electrons. The average Bonchev–Trinajstić information content (AvgIpc) is 3.22. The molecule has 1 heterocycles. The highest BCUT2D eigenvalue weighted by atomic mass is 19.1. The van der Waals surface area contributed by atoms with Crippen LogP contribution in [0.15, 0.2) is 27.4 Å². The number of hydrogen-bond donors (Lipinski definition) is 2. The van der Waals surface area contributed by atoms with Crippen LogP contribution in [0.1, 0.15) is 86.4 Å². The van der Waals surface area contributed by atoms with Crippen LogP contribution >= 0.6 is 0 Å². The van der Waals surface area contributed by atoms with Crippen molar-refractivity contribution in [2.24, 2.45) is 17.8 Å². The van der Waals surface area contributed by atoms with Crippen molar-refractivity contribution in [3.8, 4) is 0 Å². The van der Waals surface area contributed by atoms with Crippen molar-refractivity contribution in [3.63, 3.8) is 0 Å². The Labute approximate surface area is 234 Å². The second-order valence-electron chi connectivity index (χ2n) is 11.8. The minimum atomic E-state index is -0.930. The van der Waals surface area contributed by atoms with Gasteiger partial charge in [-0.1, -0.05) is 40.5 Å². The number of carbonyl (C=O) groups is 3. The zero-order valence-corrected chi connectivity index (χ0v) is 24.3. The van der Waals surface area contributed by atoms with Crippen molar-refractivity contribution in [1.82, 2.24) is 25.3 Å². The van der Waals surface area contributed by atoms with Crippen molar-refractivity contribution >= 4 is 17.6 Å². The van der Waals surface area contributed by atoms with Gasteiger partial charge >= 0.3 is 5.76 Å². The first kappa shape index (κ1) is 31.2. The van der Waals surface area contributed by atoms with Crippen LogP contribution < -0.4 is 16.4 Å². The molecular formula is C29H42FN5O5. The van der Waals surface area contributed by atoms with Gasteiger partial charge in [0.15, 0.2) is 0 Å². The molecule has 11 heteroatoms. The number of halogens is 1. The normalized spacial score (nSPS) is 18.2. The maximum atomic E-state index is 13.9. The molecule has 10 nitrogen and oxygen atoms in total. The molecule has 1 saturated carbocycles. The van der Waals surface area contributed by atoms with E-state index in [-0.39, 0.29) is 29.5 Å². The van der Waals surface area contributed by atoms with E-state index in [1.54, 1.807) is 0 Å². The van der Waals surface area contributed by atoms with Crippen LogP contribution in [0.25, 0.3) is 0 Å². The molecule has 1 aliphatic rings. The highest BCUT2D eigenvalue weighted by molar-refractivity contribution is 5.99. The second-order valence-corrected chi connectivity index (χ2v) is 11.8. The largest absolute Gasteiger partial charge is 0.437 e. The summed E-state index contributed by atoms with van der Waals surface area (Å²) in [6.45, 7) is 8.39. The van der Waals surface area contributed by atoms with E-state index in [4.69, 9.17) is 4.42 Å². The van der Waals surface area contributed by atoms with Gasteiger partial charge in [0.2, 0.25) is 11.7 Å². The highest BCUT2D eigenvalue weighted by Gasteiger charge is 2.36. The molecule has 40 heavy (non-hydrogen) atoms. The summed E-state index contributed by atoms with van der Waals surface area (Å²) in [7, 11) is 3.67. The van der Waals surface area contributed by atoms with Crippen molar-refractivity contribution in [2.45, 2.75) is 85.0 Å². The Morgan fingerprint density at radius 2 is 1.82 bits per heavy atom. The first-order valence-corrected chi connectivity index (χ1v) is 14.0. The van der Waals surface area contributed by atoms with Gasteiger partial charge in [-0.2, -0.15) is 4.68 Å². The van der Waals surface area contributed by atoms with E-state index in [2.05, 4.69) is 15.7 Å². The van der Waals surface area contributed by atoms with Crippen LogP contribution in [0.2, 0.25) is 0 Å². The van der Waals surface area contributed by atoms with Crippen LogP contribution in [0, 0.1) is 23.6 Å². The predicted octanol–water partition coefficient (Wildman–Crippen LogP) is 3.40. The van der Waals surface area contributed by atoms with Gasteiger partial charge in [0.05, 0.1) is 18.5 Å². The molecule has 1 aromatic carbocycles. The predicted molar refractivity (Wildman–Crippen MR) is 148 cm³/mol. The first-order chi connectivity index (χ1) is 18.8. The van der Waals surface area contributed by atoms with Gasteiger partial charge in [-0.15, -0.1) is 5.10 Å². The Morgan fingerprint density at radius 3 is 2.48 bits per heavy atom. The smallest absolute Gasteiger partial charge is 0.384 e. The lowest BCUT2D eigenvalue weighted by atomic mass is 9.83. The molecule has 1 aliphatic carbocycles. The Kier molecular flexibility index (Phi) is 10.8. The molecule has 1 unspecified atom stereocenters. The Hall–Kier alpha value is -3.34. The molecule has 1 fully saturated rings. The summed E-state index contributed by atoms with van der Waals surface area (Å²) in [5, 5.41) is 9.94. The Bertz CT molecular complexity index is 1250. The molecule has 0 spiro atoms. The number of ketones is 1. The van der Waals surface area contributed by atoms with E-state index in [9.17, 15) is 23.6 Å². The average molecular weight is 560 g/mol. The van der Waals surface area contributed by atoms with Gasteiger partial charge < -0.3 is 20.0 Å². The van der Waals surface area contributed by atoms with E-state index < -0.39 is 35.4 Å². The molecule has 1 aromatic heterocycles. The topological polar surface area (TPSA) is 127 Å². The van der Waals surface area contributed by atoms with E-state index in [0.717, 1.165) is 17.5 Å². The number of Topliss-reactive ketones (excluding diaryl/α,β-unsaturated/α-hetero) is 1. The highest BCUT2D eigenvalue weighted by Crippen LogP contribution is 2.26. The molecule has 3 atom stereocenters. The fourth-order valence-electron chi connectivity index (χ4n) is 5.12. The summed E-state index contributed by atoms with van der Waals surface area (Å²) in [4.78, 5) is 54.2. The van der Waals surface area contributed by atoms with Crippen LogP contribution in [0.3, 0.4) is 0 Å². The number of rotatable bonds is 12. The van der Waals surface area contributed by atoms with Gasteiger partial charge in [0, 0.05) is 18.2 Å². The lowest BCUT2D eigenvalue weighted by Gasteiger charge is -2.32. The van der Waals surface area contributed by atoms with Crippen LogP contribution in [-0.4, -0.2) is 58.5 Å². The quantitative estimate of drug-likeness (QED) is 0.382. The van der Waals surface area contributed by atoms with E-state index in [0.29, 0.717) is 43.5 Å². The van der Waals surface area contributed by atoms with Gasteiger partial charge in [0.25, 0.3) is 11.8 Å². The molecule has 2 N–H and O–H groups in total. The van der Waals surface area contributed by atoms with Crippen LogP contribution in [0.4, 0.5) is 4.39 Å². The summed E-state index contributed by atoms with van der Waals surface area (Å²) in [5.74, 6) is -3.09. The fraction of sp³-hybridized carbons (Fsp3) is 0.621. The monoisotopic (exact) mass is 559 g/mol. The summed E-state index contributed by atoms with van der Waals surface area (Å²) in [6, 6.07) is 2.69. The van der Waals surface area contributed by atoms with Crippen LogP contribution in [0.5, 0.6) is 0 Å². The molecule has 2 aromatic rings. The number of amides is 2. The van der Waals surface area contributed by atoms with Gasteiger partial charge in [0.1, 0.15) is 5.82 Å². The lowest BCUT2D eigenvalue weighted by Crippen LogP contribution is -2.52. The Balaban J connectivity index is 1.78. The first-order valence-electron chi connectivity index (χ1n) is 14.0. The van der Waals surface area contributed by atoms with E-state index >= 15 is 0 Å². The number of carbonyl (C=O) groups excluding carboxylic acids is 3. The van der Waals surface area contributed by atoms with Gasteiger partial charge in [-0.25, -0.2) is 9.18 Å². The molecule has 2 amide bonds. The molecular weight excluding hydrogens is 517 g/mol. The van der Waals surface area contributed by atoms with Crippen molar-refractivity contribution in [2.75, 3.05) is 14.1 Å². The van der Waals surface area contributed by atoms with E-state index in [1.165, 1.54) is 18.2 Å². The number of nitrogens with zero attached hydrogens (tertiary/aromatic N) is 3. The minimum Gasteiger partial charge on any atom is -0.384 e. The third-order valence-electron chi connectivity index (χ3n) is 6.91. The maximum absolute atomic E-state index is 13.9. The van der Waals surface area contributed by atoms with Gasteiger partial charge in [-0.05, 0) is 69.0 Å². The van der Waals surface area contributed by atoms with Crippen molar-refractivity contribution < 1.29 is 23.2 Å². The van der Waals surface area contributed by atoms with Crippen molar-refractivity contribution in [1.29, 1.82) is 0 Å². The summed E-state index contributed by atoms with van der Waals surface area (Å²) in [6.07, 6.45) is 3.13. The number of aromatic nitrogens is 2. The number of hydrogen-bond acceptors (Lipinski definition) is 7. The summed E-state index contributed by atoms with van der Waals surface area (Å²) >= 11 is 0. The Morgan fingerprint density at radius 1 is 1.12 bits per heavy atom. The van der Waals surface area contributed by atoms with Crippen molar-refractivity contribution in [3.05, 3.63) is 51.6 Å². The van der Waals surface area contributed by atoms with Crippen LogP contribution in [-0.2, 0) is 17.9 Å². The number of benzene rings is 1. The molecule has 0 bridgehead atoms. The third-order valence-corrected chi connectivity index (χ3v) is 6.91. The fourth-order valence-corrected chi connectivity index (χ4v) is 5.12. The third kappa shape index (κ3) is 8.33. The maximum Gasteiger partial charge on any atom is 0.437 e. The zero-order valence-electron chi connectivity index (χ0n) is 24.3. The molecule has 3 rings (SSSR count). The summed E-state index contributed by atoms with van der Waals surface area (Å²) < 4.78 is 20.2. The molecule has 220 valence electrons. The SMILES string of the molecule is CC(C)CC(NC(=O)[C@@H]1CCCC[C@@H]1NC(=O)c1ccc(F)cc1CN(C)C)C(=O)c1nn(CC(C)C)c(=O)o1. The second kappa shape index (κ2) is 13.8. The minimum absolute atomic E-state index is 0.0640. The van der Waals surface area contributed by atoms with E-state index in [1.807, 2.05) is 46.7 Å². The molecule has 0 saturated heterocycles. The zero-order chi connectivity index (χ0) is 29.6. The standard InChI is InChI=1S/C29H42FN5O5/c1-17(2)13-24(25(36)28-33-35(15-18(3)4)29(39)40-28)32-27(38)22-9-7-8-10-23(22)31-26(37)21-12-11-20(30)14-19(21)16-34(5)6/h11-12,14,17-18,22-24H,7-10,13,15-16H2,1-6H3,(H,31,37)(H,32,38)/t22-,23+,24?/m1/s1. The lowest BCUT2D eigenvalue weighted by molar-refractivity contribution is -0.127. The number of nitrogens with one attached hydrogen (secondary N) is 2.